The maximum Gasteiger partial charge on any atom is 0.233 e. The van der Waals surface area contributed by atoms with Gasteiger partial charge in [0.15, 0.2) is 0 Å². The van der Waals surface area contributed by atoms with Crippen molar-refractivity contribution in [2.45, 2.75) is 81.7 Å². The first-order valence-corrected chi connectivity index (χ1v) is 10.8. The molecule has 1 aliphatic rings. The minimum Gasteiger partial charge on any atom is -0.352 e. The Balaban J connectivity index is 1.63. The van der Waals surface area contributed by atoms with E-state index in [1.165, 1.54) is 43.0 Å². The highest BCUT2D eigenvalue weighted by Gasteiger charge is 2.22. The summed E-state index contributed by atoms with van der Waals surface area (Å²) in [6.45, 7) is 6.25. The average Bonchev–Trinajstić information content (AvgIpc) is 2.96. The molecule has 0 bridgehead atoms. The minimum atomic E-state index is -0.243. The number of nitrogens with one attached hydrogen (secondary N) is 1. The number of carbonyl (C=O) groups is 1. The van der Waals surface area contributed by atoms with Crippen LogP contribution in [0.5, 0.6) is 0 Å². The van der Waals surface area contributed by atoms with Gasteiger partial charge in [-0.05, 0) is 53.8 Å². The second-order valence-electron chi connectivity index (χ2n) is 7.58. The van der Waals surface area contributed by atoms with Gasteiger partial charge in [0.1, 0.15) is 0 Å². The van der Waals surface area contributed by atoms with Crippen LogP contribution < -0.4 is 5.32 Å². The third kappa shape index (κ3) is 5.31. The standard InChI is InChI=1S/C20H29N5OS/c1-14(2)16-10-12-18(13-11-16)25-20(22-23-24-25)27-15(3)19(26)21-17-8-6-4-5-7-9-17/h10-15,17H,4-9H2,1-3H3,(H,21,26)/t15-/m0/s1. The molecule has 1 amide bonds. The van der Waals surface area contributed by atoms with Crippen molar-refractivity contribution >= 4 is 17.7 Å². The van der Waals surface area contributed by atoms with Gasteiger partial charge in [-0.1, -0.05) is 63.4 Å². The molecule has 1 aliphatic carbocycles. The molecule has 2 aromatic rings. The molecule has 27 heavy (non-hydrogen) atoms. The van der Waals surface area contributed by atoms with Crippen molar-refractivity contribution in [3.8, 4) is 5.69 Å². The molecular weight excluding hydrogens is 358 g/mol. The van der Waals surface area contributed by atoms with Gasteiger partial charge in [-0.2, -0.15) is 4.68 Å². The number of rotatable bonds is 6. The molecule has 1 aromatic carbocycles. The second kappa shape index (κ2) is 9.35. The number of tetrazole rings is 1. The van der Waals surface area contributed by atoms with Gasteiger partial charge in [0.2, 0.25) is 11.1 Å². The predicted molar refractivity (Wildman–Crippen MR) is 108 cm³/mol. The third-order valence-corrected chi connectivity index (χ3v) is 6.13. The Hall–Kier alpha value is -1.89. The van der Waals surface area contributed by atoms with Crippen molar-refractivity contribution < 1.29 is 4.79 Å². The lowest BCUT2D eigenvalue weighted by atomic mass is 10.0. The van der Waals surface area contributed by atoms with Gasteiger partial charge in [0, 0.05) is 6.04 Å². The zero-order chi connectivity index (χ0) is 19.2. The van der Waals surface area contributed by atoms with Crippen LogP contribution in [0.1, 0.15) is 70.8 Å². The molecule has 1 heterocycles. The van der Waals surface area contributed by atoms with Crippen LogP contribution in [0, 0.1) is 0 Å². The highest BCUT2D eigenvalue weighted by molar-refractivity contribution is 8.00. The van der Waals surface area contributed by atoms with Crippen LogP contribution in [0.3, 0.4) is 0 Å². The molecule has 0 spiro atoms. The molecule has 3 rings (SSSR count). The number of thioether (sulfide) groups is 1. The van der Waals surface area contributed by atoms with Crippen LogP contribution >= 0.6 is 11.8 Å². The predicted octanol–water partition coefficient (Wildman–Crippen LogP) is 4.11. The van der Waals surface area contributed by atoms with E-state index in [-0.39, 0.29) is 11.2 Å². The van der Waals surface area contributed by atoms with E-state index in [0.717, 1.165) is 18.5 Å². The summed E-state index contributed by atoms with van der Waals surface area (Å²) >= 11 is 1.40. The topological polar surface area (TPSA) is 72.7 Å². The molecule has 1 atom stereocenters. The monoisotopic (exact) mass is 387 g/mol. The Labute approximate surface area is 165 Å². The summed E-state index contributed by atoms with van der Waals surface area (Å²) in [4.78, 5) is 12.6. The van der Waals surface area contributed by atoms with Crippen LogP contribution in [0.4, 0.5) is 0 Å². The van der Waals surface area contributed by atoms with E-state index in [0.29, 0.717) is 17.1 Å². The minimum absolute atomic E-state index is 0.0663. The summed E-state index contributed by atoms with van der Waals surface area (Å²) in [7, 11) is 0. The Bertz CT molecular complexity index is 735. The summed E-state index contributed by atoms with van der Waals surface area (Å²) in [6.07, 6.45) is 7.14. The summed E-state index contributed by atoms with van der Waals surface area (Å²) in [5, 5.41) is 15.6. The summed E-state index contributed by atoms with van der Waals surface area (Å²) < 4.78 is 1.70. The van der Waals surface area contributed by atoms with Crippen LogP contribution in [0.2, 0.25) is 0 Å². The van der Waals surface area contributed by atoms with Crippen molar-refractivity contribution in [2.24, 2.45) is 0 Å². The zero-order valence-corrected chi connectivity index (χ0v) is 17.2. The maximum atomic E-state index is 12.6. The molecule has 1 aromatic heterocycles. The van der Waals surface area contributed by atoms with Gasteiger partial charge in [-0.25, -0.2) is 0 Å². The number of hydrogen-bond donors (Lipinski definition) is 1. The molecule has 146 valence electrons. The fourth-order valence-electron chi connectivity index (χ4n) is 3.37. The molecule has 1 saturated carbocycles. The van der Waals surface area contributed by atoms with Crippen LogP contribution in [0.15, 0.2) is 29.4 Å². The number of nitrogens with zero attached hydrogens (tertiary/aromatic N) is 4. The molecule has 0 unspecified atom stereocenters. The van der Waals surface area contributed by atoms with Crippen molar-refractivity contribution in [3.05, 3.63) is 29.8 Å². The van der Waals surface area contributed by atoms with Gasteiger partial charge >= 0.3 is 0 Å². The number of carbonyl (C=O) groups excluding carboxylic acids is 1. The van der Waals surface area contributed by atoms with Crippen molar-refractivity contribution in [3.63, 3.8) is 0 Å². The van der Waals surface area contributed by atoms with Gasteiger partial charge in [0.05, 0.1) is 10.9 Å². The lowest BCUT2D eigenvalue weighted by molar-refractivity contribution is -0.121. The first-order chi connectivity index (χ1) is 13.0. The normalized spacial score (nSPS) is 16.9. The van der Waals surface area contributed by atoms with Gasteiger partial charge in [0.25, 0.3) is 0 Å². The van der Waals surface area contributed by atoms with E-state index in [9.17, 15) is 4.79 Å². The van der Waals surface area contributed by atoms with E-state index < -0.39 is 0 Å². The van der Waals surface area contributed by atoms with E-state index in [4.69, 9.17) is 0 Å². The lowest BCUT2D eigenvalue weighted by Gasteiger charge is -2.19. The smallest absolute Gasteiger partial charge is 0.233 e. The summed E-state index contributed by atoms with van der Waals surface area (Å²) in [5.41, 5.74) is 2.18. The summed E-state index contributed by atoms with van der Waals surface area (Å²) in [6, 6.07) is 8.54. The fraction of sp³-hybridized carbons (Fsp3) is 0.600. The molecule has 0 aliphatic heterocycles. The van der Waals surface area contributed by atoms with Crippen molar-refractivity contribution in [1.82, 2.24) is 25.5 Å². The lowest BCUT2D eigenvalue weighted by Crippen LogP contribution is -2.39. The van der Waals surface area contributed by atoms with Crippen molar-refractivity contribution in [2.75, 3.05) is 0 Å². The van der Waals surface area contributed by atoms with E-state index in [1.54, 1.807) is 4.68 Å². The van der Waals surface area contributed by atoms with Crippen LogP contribution in [0.25, 0.3) is 5.69 Å². The molecule has 1 fully saturated rings. The quantitative estimate of drug-likeness (QED) is 0.597. The van der Waals surface area contributed by atoms with Crippen molar-refractivity contribution in [1.29, 1.82) is 0 Å². The van der Waals surface area contributed by atoms with E-state index in [1.807, 2.05) is 19.1 Å². The molecule has 0 saturated heterocycles. The Morgan fingerprint density at radius 2 is 1.78 bits per heavy atom. The largest absolute Gasteiger partial charge is 0.352 e. The number of hydrogen-bond acceptors (Lipinski definition) is 5. The van der Waals surface area contributed by atoms with Gasteiger partial charge < -0.3 is 5.32 Å². The molecule has 7 heteroatoms. The molecule has 6 nitrogen and oxygen atoms in total. The van der Waals surface area contributed by atoms with Gasteiger partial charge in [-0.15, -0.1) is 5.10 Å². The van der Waals surface area contributed by atoms with Crippen LogP contribution in [-0.4, -0.2) is 37.4 Å². The first-order valence-electron chi connectivity index (χ1n) is 9.90. The molecule has 0 radical (unpaired) electrons. The Morgan fingerprint density at radius 1 is 1.11 bits per heavy atom. The first kappa shape index (κ1) is 19.9. The fourth-order valence-corrected chi connectivity index (χ4v) is 4.19. The van der Waals surface area contributed by atoms with Gasteiger partial charge in [-0.3, -0.25) is 4.79 Å². The number of aromatic nitrogens is 4. The molecule has 1 N–H and O–H groups in total. The number of amides is 1. The maximum absolute atomic E-state index is 12.6. The Morgan fingerprint density at radius 3 is 2.41 bits per heavy atom. The number of benzene rings is 1. The highest BCUT2D eigenvalue weighted by atomic mass is 32.2. The second-order valence-corrected chi connectivity index (χ2v) is 8.88. The van der Waals surface area contributed by atoms with Crippen LogP contribution in [-0.2, 0) is 4.79 Å². The average molecular weight is 388 g/mol. The van der Waals surface area contributed by atoms with E-state index >= 15 is 0 Å². The third-order valence-electron chi connectivity index (χ3n) is 5.10. The zero-order valence-electron chi connectivity index (χ0n) is 16.4. The molecular formula is C20H29N5OS. The highest BCUT2D eigenvalue weighted by Crippen LogP contribution is 2.25. The SMILES string of the molecule is CC(C)c1ccc(-n2nnnc2S[C@@H](C)C(=O)NC2CCCCCC2)cc1. The summed E-state index contributed by atoms with van der Waals surface area (Å²) in [5.74, 6) is 0.547. The Kier molecular flexibility index (Phi) is 6.88. The van der Waals surface area contributed by atoms with E-state index in [2.05, 4.69) is 46.8 Å².